The number of hydrogen-bond acceptors (Lipinski definition) is 3. The molecule has 2 atom stereocenters. The average Bonchev–Trinajstić information content (AvgIpc) is 3.16. The molecule has 2 N–H and O–H groups in total. The van der Waals surface area contributed by atoms with Crippen LogP contribution in [0.2, 0.25) is 0 Å². The summed E-state index contributed by atoms with van der Waals surface area (Å²) in [5.74, 6) is -0.629. The summed E-state index contributed by atoms with van der Waals surface area (Å²) in [5, 5.41) is 0. The molecule has 1 aliphatic rings. The summed E-state index contributed by atoms with van der Waals surface area (Å²) in [6.07, 6.45) is 5.00. The van der Waals surface area contributed by atoms with Gasteiger partial charge >= 0.3 is 0 Å². The van der Waals surface area contributed by atoms with Crippen molar-refractivity contribution >= 4 is 5.91 Å². The number of amides is 1. The second-order valence-corrected chi connectivity index (χ2v) is 7.41. The summed E-state index contributed by atoms with van der Waals surface area (Å²) in [7, 11) is 1.78. The standard InChI is InChI=1S/C22H27F2N3O/c1-27(22(28)16-9-11-18(23)12-10-16)13-4-2-3-8-20-15-21(26-25-20)17-6-5-7-19(24)14-17/h5-7,9-12,14,20-21,25-26H,2-4,8,13,15H2,1H3. The Kier molecular flexibility index (Phi) is 7.12. The van der Waals surface area contributed by atoms with Crippen LogP contribution in [-0.2, 0) is 0 Å². The highest BCUT2D eigenvalue weighted by atomic mass is 19.1. The lowest BCUT2D eigenvalue weighted by molar-refractivity contribution is 0.0792. The molecule has 4 nitrogen and oxygen atoms in total. The number of hydrogen-bond donors (Lipinski definition) is 2. The molecule has 0 spiro atoms. The number of carbonyl (C=O) groups excluding carboxylic acids is 1. The van der Waals surface area contributed by atoms with Gasteiger partial charge < -0.3 is 4.90 Å². The minimum atomic E-state index is -0.339. The van der Waals surface area contributed by atoms with Gasteiger partial charge in [-0.2, -0.15) is 0 Å². The summed E-state index contributed by atoms with van der Waals surface area (Å²) in [4.78, 5) is 14.0. The van der Waals surface area contributed by atoms with Crippen molar-refractivity contribution in [2.45, 2.75) is 44.2 Å². The van der Waals surface area contributed by atoms with Crippen molar-refractivity contribution in [1.29, 1.82) is 0 Å². The van der Waals surface area contributed by atoms with Gasteiger partial charge in [-0.05, 0) is 61.2 Å². The van der Waals surface area contributed by atoms with Crippen LogP contribution in [0.3, 0.4) is 0 Å². The fourth-order valence-electron chi connectivity index (χ4n) is 3.58. The molecule has 1 heterocycles. The highest BCUT2D eigenvalue weighted by Gasteiger charge is 2.24. The lowest BCUT2D eigenvalue weighted by Crippen LogP contribution is -2.30. The van der Waals surface area contributed by atoms with E-state index in [2.05, 4.69) is 10.9 Å². The number of carbonyl (C=O) groups is 1. The van der Waals surface area contributed by atoms with Crippen LogP contribution >= 0.6 is 0 Å². The van der Waals surface area contributed by atoms with Crippen LogP contribution < -0.4 is 10.9 Å². The Morgan fingerprint density at radius 1 is 1.04 bits per heavy atom. The Morgan fingerprint density at radius 2 is 1.82 bits per heavy atom. The van der Waals surface area contributed by atoms with Gasteiger partial charge in [-0.15, -0.1) is 0 Å². The van der Waals surface area contributed by atoms with Gasteiger partial charge in [-0.25, -0.2) is 8.78 Å². The van der Waals surface area contributed by atoms with Gasteiger partial charge in [0.25, 0.3) is 5.91 Å². The van der Waals surface area contributed by atoms with E-state index in [0.29, 0.717) is 18.2 Å². The first-order chi connectivity index (χ1) is 13.5. The first-order valence-electron chi connectivity index (χ1n) is 9.80. The molecule has 1 aliphatic heterocycles. The third-order valence-electron chi connectivity index (χ3n) is 5.22. The van der Waals surface area contributed by atoms with E-state index < -0.39 is 0 Å². The van der Waals surface area contributed by atoms with Crippen LogP contribution in [0.1, 0.15) is 54.1 Å². The Morgan fingerprint density at radius 3 is 2.57 bits per heavy atom. The lowest BCUT2D eigenvalue weighted by Gasteiger charge is -2.17. The van der Waals surface area contributed by atoms with Gasteiger partial charge in [0, 0.05) is 31.2 Å². The second-order valence-electron chi connectivity index (χ2n) is 7.41. The van der Waals surface area contributed by atoms with Crippen molar-refractivity contribution in [3.63, 3.8) is 0 Å². The van der Waals surface area contributed by atoms with Gasteiger partial charge in [0.15, 0.2) is 0 Å². The van der Waals surface area contributed by atoms with Crippen LogP contribution in [0.25, 0.3) is 0 Å². The zero-order valence-corrected chi connectivity index (χ0v) is 16.1. The summed E-state index contributed by atoms with van der Waals surface area (Å²) in [6, 6.07) is 12.9. The molecule has 0 saturated carbocycles. The molecule has 150 valence electrons. The predicted molar refractivity (Wildman–Crippen MR) is 106 cm³/mol. The second kappa shape index (κ2) is 9.75. The van der Waals surface area contributed by atoms with Crippen LogP contribution in [0.5, 0.6) is 0 Å². The number of nitrogens with one attached hydrogen (secondary N) is 2. The molecule has 6 heteroatoms. The summed E-state index contributed by atoms with van der Waals surface area (Å²) >= 11 is 0. The molecule has 0 aromatic heterocycles. The molecule has 0 radical (unpaired) electrons. The smallest absolute Gasteiger partial charge is 0.253 e. The predicted octanol–water partition coefficient (Wildman–Crippen LogP) is 4.21. The molecule has 1 fully saturated rings. The van der Waals surface area contributed by atoms with Gasteiger partial charge in [-0.3, -0.25) is 15.6 Å². The monoisotopic (exact) mass is 387 g/mol. The van der Waals surface area contributed by atoms with E-state index in [1.807, 2.05) is 6.07 Å². The van der Waals surface area contributed by atoms with Gasteiger partial charge in [-0.1, -0.05) is 25.0 Å². The van der Waals surface area contributed by atoms with Crippen molar-refractivity contribution in [1.82, 2.24) is 15.8 Å². The Hall–Kier alpha value is -2.31. The van der Waals surface area contributed by atoms with Crippen molar-refractivity contribution in [2.75, 3.05) is 13.6 Å². The first kappa shape index (κ1) is 20.4. The molecule has 3 rings (SSSR count). The lowest BCUT2D eigenvalue weighted by atomic mass is 9.99. The van der Waals surface area contributed by atoms with Gasteiger partial charge in [0.2, 0.25) is 0 Å². The Bertz CT molecular complexity index is 782. The quantitative estimate of drug-likeness (QED) is 0.667. The normalized spacial score (nSPS) is 19.0. The first-order valence-corrected chi connectivity index (χ1v) is 9.80. The van der Waals surface area contributed by atoms with Crippen molar-refractivity contribution in [2.24, 2.45) is 0 Å². The maximum Gasteiger partial charge on any atom is 0.253 e. The van der Waals surface area contributed by atoms with E-state index in [9.17, 15) is 13.6 Å². The Labute approximate surface area is 164 Å². The molecule has 1 saturated heterocycles. The van der Waals surface area contributed by atoms with Crippen LogP contribution in [0.4, 0.5) is 8.78 Å². The van der Waals surface area contributed by atoms with Crippen molar-refractivity contribution in [3.05, 3.63) is 71.3 Å². The van der Waals surface area contributed by atoms with E-state index >= 15 is 0 Å². The average molecular weight is 387 g/mol. The number of hydrazine groups is 1. The van der Waals surface area contributed by atoms with E-state index in [-0.39, 0.29) is 23.6 Å². The third-order valence-corrected chi connectivity index (χ3v) is 5.22. The molecule has 28 heavy (non-hydrogen) atoms. The number of nitrogens with zero attached hydrogens (tertiary/aromatic N) is 1. The maximum absolute atomic E-state index is 13.4. The van der Waals surface area contributed by atoms with Crippen LogP contribution in [0, 0.1) is 11.6 Å². The number of halogens is 2. The molecular weight excluding hydrogens is 360 g/mol. The highest BCUT2D eigenvalue weighted by molar-refractivity contribution is 5.93. The zero-order valence-electron chi connectivity index (χ0n) is 16.1. The summed E-state index contributed by atoms with van der Waals surface area (Å²) in [5.41, 5.74) is 8.03. The molecule has 1 amide bonds. The molecule has 2 unspecified atom stereocenters. The maximum atomic E-state index is 13.4. The molecule has 2 aromatic rings. The Balaban J connectivity index is 1.33. The third kappa shape index (κ3) is 5.59. The van der Waals surface area contributed by atoms with Crippen molar-refractivity contribution in [3.8, 4) is 0 Å². The SMILES string of the molecule is CN(CCCCCC1CC(c2cccc(F)c2)NN1)C(=O)c1ccc(F)cc1. The summed E-state index contributed by atoms with van der Waals surface area (Å²) in [6.45, 7) is 0.679. The van der Waals surface area contributed by atoms with Gasteiger partial charge in [0.1, 0.15) is 11.6 Å². The van der Waals surface area contributed by atoms with E-state index in [1.165, 1.54) is 30.3 Å². The van der Waals surface area contributed by atoms with E-state index in [1.54, 1.807) is 24.1 Å². The number of unbranched alkanes of at least 4 members (excludes halogenated alkanes) is 2. The van der Waals surface area contributed by atoms with E-state index in [0.717, 1.165) is 37.7 Å². The van der Waals surface area contributed by atoms with Crippen LogP contribution in [-0.4, -0.2) is 30.4 Å². The fourth-order valence-corrected chi connectivity index (χ4v) is 3.58. The van der Waals surface area contributed by atoms with E-state index in [4.69, 9.17) is 0 Å². The number of rotatable bonds is 8. The minimum absolute atomic E-state index is 0.0837. The summed E-state index contributed by atoms with van der Waals surface area (Å²) < 4.78 is 26.3. The molecule has 2 aromatic carbocycles. The van der Waals surface area contributed by atoms with Crippen molar-refractivity contribution < 1.29 is 13.6 Å². The minimum Gasteiger partial charge on any atom is -0.342 e. The van der Waals surface area contributed by atoms with Crippen LogP contribution in [0.15, 0.2) is 48.5 Å². The number of benzene rings is 2. The molecule has 0 bridgehead atoms. The topological polar surface area (TPSA) is 44.4 Å². The largest absolute Gasteiger partial charge is 0.342 e. The van der Waals surface area contributed by atoms with Gasteiger partial charge in [0.05, 0.1) is 0 Å². The zero-order chi connectivity index (χ0) is 19.9. The molecular formula is C22H27F2N3O. The highest BCUT2D eigenvalue weighted by Crippen LogP contribution is 2.25. The fraction of sp³-hybridized carbons (Fsp3) is 0.409. The molecule has 0 aliphatic carbocycles.